The van der Waals surface area contributed by atoms with Crippen molar-refractivity contribution in [3.8, 4) is 0 Å². The van der Waals surface area contributed by atoms with Crippen molar-refractivity contribution in [3.05, 3.63) is 39.8 Å². The van der Waals surface area contributed by atoms with Gasteiger partial charge in [0.05, 0.1) is 5.02 Å². The summed E-state index contributed by atoms with van der Waals surface area (Å²) in [5.41, 5.74) is -0.0854. The molecule has 1 aliphatic rings. The fourth-order valence-corrected chi connectivity index (χ4v) is 3.87. The summed E-state index contributed by atoms with van der Waals surface area (Å²) in [4.78, 5) is 15.5. The lowest BCUT2D eigenvalue weighted by Gasteiger charge is -2.22. The number of benzene rings is 1. The number of hydrogen-bond acceptors (Lipinski definition) is 3. The van der Waals surface area contributed by atoms with Gasteiger partial charge in [-0.1, -0.05) is 11.6 Å². The van der Waals surface area contributed by atoms with Crippen LogP contribution in [0, 0.1) is 0 Å². The first-order chi connectivity index (χ1) is 9.24. The van der Waals surface area contributed by atoms with Crippen LogP contribution in [0.5, 0.6) is 0 Å². The summed E-state index contributed by atoms with van der Waals surface area (Å²) in [5, 5.41) is 6.25. The van der Waals surface area contributed by atoms with Gasteiger partial charge in [-0.15, -0.1) is 24.2 Å². The van der Waals surface area contributed by atoms with Gasteiger partial charge in [-0.3, -0.25) is 4.79 Å². The summed E-state index contributed by atoms with van der Waals surface area (Å²) in [7, 11) is 0. The fraction of sp³-hybridized carbons (Fsp3) is 0.357. The van der Waals surface area contributed by atoms with E-state index in [1.165, 1.54) is 0 Å². The molecule has 0 bridgehead atoms. The molecule has 0 radical (unpaired) electrons. The van der Waals surface area contributed by atoms with Crippen molar-refractivity contribution in [1.82, 2.24) is 10.3 Å². The zero-order chi connectivity index (χ0) is 13.2. The standard InChI is InChI=1S/C14H15ClN2OS.ClH/c15-12-8-11-9(1-6-17-14(11)18)7-13(12)19-10-2-4-16-5-3-10;/h1,6-8,10,16H,2-5H2,(H,17,18);1H. The Bertz CT molecular complexity index is 653. The number of fused-ring (bicyclic) bond motifs is 1. The van der Waals surface area contributed by atoms with Gasteiger partial charge in [-0.05, 0) is 49.5 Å². The maximum atomic E-state index is 11.7. The van der Waals surface area contributed by atoms with Crippen LogP contribution < -0.4 is 10.9 Å². The number of rotatable bonds is 2. The Morgan fingerprint density at radius 2 is 2.00 bits per heavy atom. The van der Waals surface area contributed by atoms with Gasteiger partial charge in [0.25, 0.3) is 5.56 Å². The molecule has 3 rings (SSSR count). The fourth-order valence-electron chi connectivity index (χ4n) is 2.37. The van der Waals surface area contributed by atoms with E-state index >= 15 is 0 Å². The molecule has 2 N–H and O–H groups in total. The quantitative estimate of drug-likeness (QED) is 0.886. The van der Waals surface area contributed by atoms with Crippen LogP contribution in [0.3, 0.4) is 0 Å². The lowest BCUT2D eigenvalue weighted by atomic mass is 10.2. The number of pyridine rings is 1. The Labute approximate surface area is 132 Å². The Morgan fingerprint density at radius 1 is 1.25 bits per heavy atom. The van der Waals surface area contributed by atoms with Crippen molar-refractivity contribution in [2.45, 2.75) is 23.0 Å². The first kappa shape index (κ1) is 15.7. The molecule has 0 aliphatic carbocycles. The first-order valence-corrected chi connectivity index (χ1v) is 7.68. The molecule has 1 aromatic carbocycles. The normalized spacial score (nSPS) is 16.1. The average molecular weight is 331 g/mol. The summed E-state index contributed by atoms with van der Waals surface area (Å²) < 4.78 is 0. The maximum absolute atomic E-state index is 11.7. The highest BCUT2D eigenvalue weighted by atomic mass is 35.5. The number of H-pyrrole nitrogens is 1. The zero-order valence-corrected chi connectivity index (χ0v) is 13.2. The number of aromatic nitrogens is 1. The maximum Gasteiger partial charge on any atom is 0.255 e. The van der Waals surface area contributed by atoms with Crippen LogP contribution in [-0.4, -0.2) is 23.3 Å². The second-order valence-electron chi connectivity index (χ2n) is 4.74. The summed E-state index contributed by atoms with van der Waals surface area (Å²) >= 11 is 8.13. The summed E-state index contributed by atoms with van der Waals surface area (Å²) in [6.45, 7) is 2.14. The average Bonchev–Trinajstić information content (AvgIpc) is 2.42. The van der Waals surface area contributed by atoms with Crippen LogP contribution in [-0.2, 0) is 0 Å². The molecule has 0 unspecified atom stereocenters. The molecule has 0 saturated carbocycles. The molecule has 3 nitrogen and oxygen atoms in total. The van der Waals surface area contributed by atoms with E-state index in [9.17, 15) is 4.79 Å². The van der Waals surface area contributed by atoms with E-state index in [1.807, 2.05) is 23.9 Å². The van der Waals surface area contributed by atoms with E-state index in [4.69, 9.17) is 11.6 Å². The van der Waals surface area contributed by atoms with E-state index < -0.39 is 0 Å². The van der Waals surface area contributed by atoms with Gasteiger partial charge < -0.3 is 10.3 Å². The Morgan fingerprint density at radius 3 is 2.75 bits per heavy atom. The monoisotopic (exact) mass is 330 g/mol. The molecule has 2 aromatic rings. The minimum Gasteiger partial charge on any atom is -0.329 e. The van der Waals surface area contributed by atoms with Crippen molar-refractivity contribution in [3.63, 3.8) is 0 Å². The van der Waals surface area contributed by atoms with Gasteiger partial charge in [0.15, 0.2) is 0 Å². The minimum atomic E-state index is -0.0854. The molecule has 0 amide bonds. The van der Waals surface area contributed by atoms with E-state index in [0.29, 0.717) is 15.7 Å². The molecule has 1 aliphatic heterocycles. The summed E-state index contributed by atoms with van der Waals surface area (Å²) in [6, 6.07) is 5.72. The highest BCUT2D eigenvalue weighted by Gasteiger charge is 2.16. The largest absolute Gasteiger partial charge is 0.329 e. The highest BCUT2D eigenvalue weighted by molar-refractivity contribution is 8.00. The molecule has 6 heteroatoms. The van der Waals surface area contributed by atoms with Crippen molar-refractivity contribution in [1.29, 1.82) is 0 Å². The van der Waals surface area contributed by atoms with Crippen molar-refractivity contribution >= 4 is 46.5 Å². The van der Waals surface area contributed by atoms with Gasteiger partial charge in [0.2, 0.25) is 0 Å². The number of piperidine rings is 1. The zero-order valence-electron chi connectivity index (χ0n) is 10.8. The third-order valence-electron chi connectivity index (χ3n) is 3.41. The van der Waals surface area contributed by atoms with E-state index in [-0.39, 0.29) is 18.0 Å². The van der Waals surface area contributed by atoms with Crippen LogP contribution >= 0.6 is 35.8 Å². The summed E-state index contributed by atoms with van der Waals surface area (Å²) in [5.74, 6) is 0. The molecular weight excluding hydrogens is 315 g/mol. The Hall–Kier alpha value is -0.680. The number of hydrogen-bond donors (Lipinski definition) is 2. The van der Waals surface area contributed by atoms with Crippen LogP contribution in [0.1, 0.15) is 12.8 Å². The van der Waals surface area contributed by atoms with Gasteiger partial charge in [0.1, 0.15) is 0 Å². The molecule has 108 valence electrons. The predicted molar refractivity (Wildman–Crippen MR) is 88.6 cm³/mol. The van der Waals surface area contributed by atoms with Crippen LogP contribution in [0.2, 0.25) is 5.02 Å². The topological polar surface area (TPSA) is 44.9 Å². The van der Waals surface area contributed by atoms with Gasteiger partial charge >= 0.3 is 0 Å². The highest BCUT2D eigenvalue weighted by Crippen LogP contribution is 2.35. The van der Waals surface area contributed by atoms with Crippen molar-refractivity contribution in [2.75, 3.05) is 13.1 Å². The number of halogens is 2. The third-order valence-corrected chi connectivity index (χ3v) is 5.23. The van der Waals surface area contributed by atoms with E-state index in [2.05, 4.69) is 10.3 Å². The molecule has 0 spiro atoms. The smallest absolute Gasteiger partial charge is 0.255 e. The van der Waals surface area contributed by atoms with E-state index in [0.717, 1.165) is 36.2 Å². The Kier molecular flexibility index (Phi) is 5.38. The third kappa shape index (κ3) is 3.31. The first-order valence-electron chi connectivity index (χ1n) is 6.42. The lowest BCUT2D eigenvalue weighted by Crippen LogP contribution is -2.29. The van der Waals surface area contributed by atoms with Crippen LogP contribution in [0.15, 0.2) is 34.1 Å². The van der Waals surface area contributed by atoms with Crippen molar-refractivity contribution in [2.24, 2.45) is 0 Å². The predicted octanol–water partition coefficient (Wildman–Crippen LogP) is 3.45. The SMILES string of the molecule is Cl.O=c1[nH]ccc2cc(SC3CCNCC3)c(Cl)cc12. The molecule has 2 heterocycles. The number of aromatic amines is 1. The minimum absolute atomic E-state index is 0. The molecule has 1 fully saturated rings. The molecule has 20 heavy (non-hydrogen) atoms. The molecule has 1 aromatic heterocycles. The van der Waals surface area contributed by atoms with E-state index in [1.54, 1.807) is 12.3 Å². The second-order valence-corrected chi connectivity index (χ2v) is 6.49. The number of thioether (sulfide) groups is 1. The summed E-state index contributed by atoms with van der Waals surface area (Å²) in [6.07, 6.45) is 4.00. The Balaban J connectivity index is 0.00000147. The van der Waals surface area contributed by atoms with Crippen molar-refractivity contribution < 1.29 is 0 Å². The van der Waals surface area contributed by atoms with Crippen LogP contribution in [0.25, 0.3) is 10.8 Å². The molecule has 0 atom stereocenters. The van der Waals surface area contributed by atoms with Gasteiger partial charge in [-0.25, -0.2) is 0 Å². The lowest BCUT2D eigenvalue weighted by molar-refractivity contribution is 0.531. The van der Waals surface area contributed by atoms with Gasteiger partial charge in [-0.2, -0.15) is 0 Å². The molecular formula is C14H16Cl2N2OS. The second kappa shape index (κ2) is 6.85. The van der Waals surface area contributed by atoms with Crippen LogP contribution in [0.4, 0.5) is 0 Å². The molecule has 1 saturated heterocycles. The number of nitrogens with one attached hydrogen (secondary N) is 2. The van der Waals surface area contributed by atoms with Gasteiger partial charge in [0, 0.05) is 21.7 Å².